The minimum Gasteiger partial charge on any atom is -0.385 e. The van der Waals surface area contributed by atoms with Crippen molar-refractivity contribution in [1.29, 1.82) is 0 Å². The van der Waals surface area contributed by atoms with E-state index < -0.39 is 15.8 Å². The summed E-state index contributed by atoms with van der Waals surface area (Å²) >= 11 is 0. The van der Waals surface area contributed by atoms with Gasteiger partial charge in [-0.15, -0.1) is 0 Å². The Hall–Kier alpha value is -1.02. The third-order valence-corrected chi connectivity index (χ3v) is 7.20. The highest BCUT2D eigenvalue weighted by atomic mass is 32.2. The van der Waals surface area contributed by atoms with Crippen LogP contribution in [-0.2, 0) is 19.5 Å². The smallest absolute Gasteiger partial charge is 0.243 e. The summed E-state index contributed by atoms with van der Waals surface area (Å²) in [6, 6.07) is 5.00. The summed E-state index contributed by atoms with van der Waals surface area (Å²) in [5.41, 5.74) is -0.215. The van der Waals surface area contributed by atoms with Gasteiger partial charge in [-0.25, -0.2) is 12.8 Å². The molecule has 0 aromatic heterocycles. The average molecular weight is 357 g/mol. The van der Waals surface area contributed by atoms with Crippen LogP contribution in [0.4, 0.5) is 4.39 Å². The number of hydrogen-bond acceptors (Lipinski definition) is 4. The number of benzene rings is 1. The lowest BCUT2D eigenvalue weighted by Gasteiger charge is -2.41. The molecule has 0 radical (unpaired) electrons. The van der Waals surface area contributed by atoms with Crippen LogP contribution in [-0.4, -0.2) is 51.7 Å². The number of sulfonamides is 1. The Balaban J connectivity index is 1.69. The maximum atomic E-state index is 13.0. The van der Waals surface area contributed by atoms with Gasteiger partial charge < -0.3 is 9.47 Å². The number of hydrogen-bond donors (Lipinski definition) is 0. The molecule has 0 aliphatic carbocycles. The van der Waals surface area contributed by atoms with Crippen molar-refractivity contribution in [1.82, 2.24) is 4.31 Å². The fourth-order valence-electron chi connectivity index (χ4n) is 3.87. The fraction of sp³-hybridized carbons (Fsp3) is 0.647. The zero-order chi connectivity index (χ0) is 17.2. The lowest BCUT2D eigenvalue weighted by molar-refractivity contribution is -0.0603. The molecular weight excluding hydrogens is 333 g/mol. The predicted octanol–water partition coefficient (Wildman–Crippen LogP) is 2.42. The van der Waals surface area contributed by atoms with Crippen LogP contribution in [0.3, 0.4) is 0 Å². The molecule has 1 spiro atoms. The van der Waals surface area contributed by atoms with Gasteiger partial charge in [0.25, 0.3) is 0 Å². The van der Waals surface area contributed by atoms with Crippen LogP contribution in [0.25, 0.3) is 0 Å². The van der Waals surface area contributed by atoms with E-state index in [9.17, 15) is 12.8 Å². The molecule has 24 heavy (non-hydrogen) atoms. The Bertz CT molecular complexity index is 654. The first-order valence-electron chi connectivity index (χ1n) is 8.36. The van der Waals surface area contributed by atoms with E-state index in [4.69, 9.17) is 9.47 Å². The van der Waals surface area contributed by atoms with Crippen LogP contribution < -0.4 is 0 Å². The van der Waals surface area contributed by atoms with Crippen LogP contribution >= 0.6 is 0 Å². The SMILES string of the molecule is COCCC1CCOC12CCN(S(=O)(=O)c1ccc(F)cc1)CC2. The van der Waals surface area contributed by atoms with Crippen LogP contribution in [0.5, 0.6) is 0 Å². The van der Waals surface area contributed by atoms with Gasteiger partial charge in [0, 0.05) is 33.4 Å². The molecule has 134 valence electrons. The van der Waals surface area contributed by atoms with Gasteiger partial charge in [0.1, 0.15) is 5.82 Å². The van der Waals surface area contributed by atoms with Gasteiger partial charge in [0.15, 0.2) is 0 Å². The van der Waals surface area contributed by atoms with Crippen molar-refractivity contribution in [3.05, 3.63) is 30.1 Å². The number of rotatable bonds is 5. The van der Waals surface area contributed by atoms with Gasteiger partial charge in [-0.2, -0.15) is 4.31 Å². The normalized spacial score (nSPS) is 24.5. The molecule has 2 aliphatic rings. The second kappa shape index (κ2) is 7.07. The largest absolute Gasteiger partial charge is 0.385 e. The molecule has 0 bridgehead atoms. The monoisotopic (exact) mass is 357 g/mol. The van der Waals surface area contributed by atoms with Crippen molar-refractivity contribution in [3.8, 4) is 0 Å². The first kappa shape index (κ1) is 17.8. The summed E-state index contributed by atoms with van der Waals surface area (Å²) in [6.45, 7) is 2.30. The van der Waals surface area contributed by atoms with Gasteiger partial charge in [0.05, 0.1) is 10.5 Å². The first-order valence-corrected chi connectivity index (χ1v) is 9.80. The molecule has 0 N–H and O–H groups in total. The molecular formula is C17H24FNO4S. The van der Waals surface area contributed by atoms with E-state index in [0.717, 1.165) is 19.4 Å². The highest BCUT2D eigenvalue weighted by Gasteiger charge is 2.47. The standard InChI is InChI=1S/C17H24FNO4S/c1-22-12-6-14-7-13-23-17(14)8-10-19(11-9-17)24(20,21)16-4-2-15(18)3-5-16/h2-5,14H,6-13H2,1H3. The fourth-order valence-corrected chi connectivity index (χ4v) is 5.31. The van der Waals surface area contributed by atoms with E-state index in [-0.39, 0.29) is 10.5 Å². The Morgan fingerprint density at radius 2 is 1.96 bits per heavy atom. The number of piperidine rings is 1. The van der Waals surface area contributed by atoms with Gasteiger partial charge >= 0.3 is 0 Å². The minimum absolute atomic E-state index is 0.142. The van der Waals surface area contributed by atoms with Gasteiger partial charge in [-0.1, -0.05) is 0 Å². The number of halogens is 1. The summed E-state index contributed by atoms with van der Waals surface area (Å²) in [7, 11) is -1.88. The van der Waals surface area contributed by atoms with Crippen molar-refractivity contribution in [2.45, 2.75) is 36.2 Å². The Morgan fingerprint density at radius 3 is 2.58 bits per heavy atom. The minimum atomic E-state index is -3.57. The Labute approximate surface area is 142 Å². The molecule has 3 rings (SSSR count). The molecule has 5 nitrogen and oxygen atoms in total. The van der Waals surface area contributed by atoms with Crippen molar-refractivity contribution in [2.75, 3.05) is 33.4 Å². The topological polar surface area (TPSA) is 55.8 Å². The highest BCUT2D eigenvalue weighted by molar-refractivity contribution is 7.89. The van der Waals surface area contributed by atoms with Crippen molar-refractivity contribution >= 4 is 10.0 Å². The Kier molecular flexibility index (Phi) is 5.24. The average Bonchev–Trinajstić information content (AvgIpc) is 2.96. The summed E-state index contributed by atoms with van der Waals surface area (Å²) in [5, 5.41) is 0. The summed E-state index contributed by atoms with van der Waals surface area (Å²) < 4.78 is 51.1. The first-order chi connectivity index (χ1) is 11.5. The van der Waals surface area contributed by atoms with E-state index in [0.29, 0.717) is 38.5 Å². The van der Waals surface area contributed by atoms with E-state index in [1.165, 1.54) is 28.6 Å². The number of ether oxygens (including phenoxy) is 2. The summed E-state index contributed by atoms with van der Waals surface area (Å²) in [5.74, 6) is -0.0139. The molecule has 0 saturated carbocycles. The van der Waals surface area contributed by atoms with Crippen LogP contribution in [0.2, 0.25) is 0 Å². The summed E-state index contributed by atoms with van der Waals surface area (Å²) in [6.07, 6.45) is 3.35. The van der Waals surface area contributed by atoms with Crippen LogP contribution in [0.1, 0.15) is 25.7 Å². The van der Waals surface area contributed by atoms with E-state index >= 15 is 0 Å². The Morgan fingerprint density at radius 1 is 1.29 bits per heavy atom. The highest BCUT2D eigenvalue weighted by Crippen LogP contribution is 2.43. The molecule has 7 heteroatoms. The molecule has 1 unspecified atom stereocenters. The van der Waals surface area contributed by atoms with Gasteiger partial charge in [-0.3, -0.25) is 0 Å². The van der Waals surface area contributed by atoms with Gasteiger partial charge in [-0.05, 0) is 55.9 Å². The number of nitrogens with zero attached hydrogens (tertiary/aromatic N) is 1. The molecule has 2 aliphatic heterocycles. The summed E-state index contributed by atoms with van der Waals surface area (Å²) in [4.78, 5) is 0.142. The number of methoxy groups -OCH3 is 1. The van der Waals surface area contributed by atoms with Crippen molar-refractivity contribution in [3.63, 3.8) is 0 Å². The molecule has 2 heterocycles. The zero-order valence-electron chi connectivity index (χ0n) is 13.9. The molecule has 2 saturated heterocycles. The molecule has 1 aromatic carbocycles. The second-order valence-corrected chi connectivity index (χ2v) is 8.48. The van der Waals surface area contributed by atoms with E-state index in [1.807, 2.05) is 0 Å². The molecule has 1 aromatic rings. The van der Waals surface area contributed by atoms with Crippen molar-refractivity contribution in [2.24, 2.45) is 5.92 Å². The maximum absolute atomic E-state index is 13.0. The lowest BCUT2D eigenvalue weighted by Crippen LogP contribution is -2.49. The second-order valence-electron chi connectivity index (χ2n) is 6.54. The van der Waals surface area contributed by atoms with E-state index in [2.05, 4.69) is 0 Å². The third kappa shape index (κ3) is 3.35. The van der Waals surface area contributed by atoms with Crippen LogP contribution in [0, 0.1) is 11.7 Å². The molecule has 1 atom stereocenters. The quantitative estimate of drug-likeness (QED) is 0.812. The van der Waals surface area contributed by atoms with Gasteiger partial charge in [0.2, 0.25) is 10.0 Å². The lowest BCUT2D eigenvalue weighted by atomic mass is 9.78. The van der Waals surface area contributed by atoms with Crippen LogP contribution in [0.15, 0.2) is 29.2 Å². The molecule has 0 amide bonds. The molecule has 2 fully saturated rings. The third-order valence-electron chi connectivity index (χ3n) is 5.29. The maximum Gasteiger partial charge on any atom is 0.243 e. The zero-order valence-corrected chi connectivity index (χ0v) is 14.7. The van der Waals surface area contributed by atoms with E-state index in [1.54, 1.807) is 7.11 Å². The predicted molar refractivity (Wildman–Crippen MR) is 87.7 cm³/mol. The van der Waals surface area contributed by atoms with Crippen molar-refractivity contribution < 1.29 is 22.3 Å².